The number of hydrazone groups is 1. The highest BCUT2D eigenvalue weighted by Crippen LogP contribution is 2.32. The number of fused-ring (bicyclic) bond motifs is 1. The summed E-state index contributed by atoms with van der Waals surface area (Å²) in [5, 5.41) is 12.9. The third-order valence-corrected chi connectivity index (χ3v) is 9.82. The molecule has 1 aliphatic carbocycles. The third-order valence-electron chi connectivity index (χ3n) is 9.82. The van der Waals surface area contributed by atoms with Crippen molar-refractivity contribution in [2.45, 2.75) is 115 Å². The van der Waals surface area contributed by atoms with Gasteiger partial charge in [0.2, 0.25) is 17.7 Å². The standard InChI is InChI=1S/C37H50N8O4/c38-26-14-12-25(13-15-26)32(44-39)23-41-28-18-16-27(17-19-28)40-22-7-5-3-1-2-4-6-11-34(46)42-31-10-8-9-29-30(31)24-45(37(29)49)33-20-21-35(47)43-36(33)48/h8-10,12-15,23,27-28,33,40H,1-7,11,16-22,24,38-39H2,(H,42,46)(H,43,47,48)/b41-23?,44-32+. The third kappa shape index (κ3) is 9.97. The lowest BCUT2D eigenvalue weighted by molar-refractivity contribution is -0.137. The predicted octanol–water partition coefficient (Wildman–Crippen LogP) is 4.42. The highest BCUT2D eigenvalue weighted by molar-refractivity contribution is 6.38. The monoisotopic (exact) mass is 670 g/mol. The van der Waals surface area contributed by atoms with Gasteiger partial charge in [-0.1, -0.05) is 50.3 Å². The van der Waals surface area contributed by atoms with Crippen molar-refractivity contribution >= 4 is 46.9 Å². The molecular formula is C37H50N8O4. The van der Waals surface area contributed by atoms with E-state index < -0.39 is 11.9 Å². The summed E-state index contributed by atoms with van der Waals surface area (Å²) in [4.78, 5) is 55.9. The second-order valence-electron chi connectivity index (χ2n) is 13.4. The second kappa shape index (κ2) is 17.7. The summed E-state index contributed by atoms with van der Waals surface area (Å²) in [6.07, 6.45) is 14.8. The van der Waals surface area contributed by atoms with Crippen LogP contribution in [0.4, 0.5) is 11.4 Å². The number of carbonyl (C=O) groups excluding carboxylic acids is 4. The number of nitrogen functional groups attached to an aromatic ring is 1. The van der Waals surface area contributed by atoms with Gasteiger partial charge in [0.1, 0.15) is 11.8 Å². The first kappa shape index (κ1) is 35.7. The lowest BCUT2D eigenvalue weighted by atomic mass is 9.91. The van der Waals surface area contributed by atoms with Gasteiger partial charge < -0.3 is 27.1 Å². The number of hydrogen-bond acceptors (Lipinski definition) is 9. The van der Waals surface area contributed by atoms with Gasteiger partial charge in [0.15, 0.2) is 0 Å². The molecule has 12 heteroatoms. The minimum Gasteiger partial charge on any atom is -0.399 e. The molecule has 0 bridgehead atoms. The van der Waals surface area contributed by atoms with E-state index in [1.165, 1.54) is 30.6 Å². The Kier molecular flexibility index (Phi) is 12.9. The van der Waals surface area contributed by atoms with Crippen molar-refractivity contribution in [1.82, 2.24) is 15.5 Å². The molecule has 4 amide bonds. The summed E-state index contributed by atoms with van der Waals surface area (Å²) in [6.45, 7) is 1.28. The molecule has 7 N–H and O–H groups in total. The summed E-state index contributed by atoms with van der Waals surface area (Å²) in [7, 11) is 0. The van der Waals surface area contributed by atoms with Crippen LogP contribution < -0.4 is 27.5 Å². The average molecular weight is 671 g/mol. The van der Waals surface area contributed by atoms with E-state index in [4.69, 9.17) is 16.6 Å². The second-order valence-corrected chi connectivity index (χ2v) is 13.4. The van der Waals surface area contributed by atoms with Gasteiger partial charge in [0.25, 0.3) is 5.91 Å². The first-order chi connectivity index (χ1) is 23.8. The number of hydrogen-bond donors (Lipinski definition) is 5. The van der Waals surface area contributed by atoms with Crippen LogP contribution in [0.25, 0.3) is 0 Å². The van der Waals surface area contributed by atoms with Crippen LogP contribution in [-0.4, -0.2) is 65.1 Å². The van der Waals surface area contributed by atoms with Crippen LogP contribution in [0.5, 0.6) is 0 Å². The quantitative estimate of drug-likeness (QED) is 0.0437. The van der Waals surface area contributed by atoms with E-state index in [0.29, 0.717) is 47.6 Å². The number of rotatable bonds is 16. The number of benzene rings is 2. The minimum absolute atomic E-state index is 0.0699. The zero-order chi connectivity index (χ0) is 34.6. The number of unbranched alkanes of at least 4 members (excludes halogenated alkanes) is 6. The van der Waals surface area contributed by atoms with Crippen LogP contribution >= 0.6 is 0 Å². The Hall–Kier alpha value is -4.58. The molecule has 0 spiro atoms. The average Bonchev–Trinajstić information content (AvgIpc) is 3.43. The zero-order valence-corrected chi connectivity index (χ0v) is 28.3. The van der Waals surface area contributed by atoms with E-state index in [0.717, 1.165) is 62.6 Å². The van der Waals surface area contributed by atoms with Crippen molar-refractivity contribution in [1.29, 1.82) is 0 Å². The van der Waals surface area contributed by atoms with Gasteiger partial charge in [0.05, 0.1) is 6.04 Å². The minimum atomic E-state index is -0.677. The van der Waals surface area contributed by atoms with E-state index in [-0.39, 0.29) is 30.7 Å². The summed E-state index contributed by atoms with van der Waals surface area (Å²) in [6, 6.07) is 12.9. The van der Waals surface area contributed by atoms with Gasteiger partial charge in [0, 0.05) is 59.7 Å². The molecule has 2 fully saturated rings. The fraction of sp³-hybridized carbons (Fsp3) is 0.514. The van der Waals surface area contributed by atoms with Crippen molar-refractivity contribution in [3.63, 3.8) is 0 Å². The van der Waals surface area contributed by atoms with Crippen molar-refractivity contribution in [3.05, 3.63) is 59.2 Å². The van der Waals surface area contributed by atoms with Gasteiger partial charge in [-0.15, -0.1) is 0 Å². The molecule has 2 heterocycles. The van der Waals surface area contributed by atoms with Gasteiger partial charge in [-0.3, -0.25) is 29.5 Å². The van der Waals surface area contributed by atoms with E-state index in [1.54, 1.807) is 24.4 Å². The first-order valence-electron chi connectivity index (χ1n) is 17.8. The normalized spacial score (nSPS) is 21.2. The van der Waals surface area contributed by atoms with E-state index in [1.807, 2.05) is 24.3 Å². The Labute approximate surface area is 288 Å². The molecule has 2 aromatic carbocycles. The molecule has 0 radical (unpaired) electrons. The first-order valence-corrected chi connectivity index (χ1v) is 17.8. The van der Waals surface area contributed by atoms with Crippen molar-refractivity contribution in [2.24, 2.45) is 15.9 Å². The number of nitrogens with two attached hydrogens (primary N) is 2. The molecular weight excluding hydrogens is 620 g/mol. The molecule has 0 aromatic heterocycles. The predicted molar refractivity (Wildman–Crippen MR) is 192 cm³/mol. The van der Waals surface area contributed by atoms with Crippen LogP contribution in [0.1, 0.15) is 111 Å². The van der Waals surface area contributed by atoms with E-state index >= 15 is 0 Å². The van der Waals surface area contributed by atoms with Crippen LogP contribution in [0.2, 0.25) is 0 Å². The Bertz CT molecular complexity index is 1530. The molecule has 49 heavy (non-hydrogen) atoms. The summed E-state index contributed by atoms with van der Waals surface area (Å²) in [5.41, 5.74) is 9.89. The number of imide groups is 1. The van der Waals surface area contributed by atoms with Crippen LogP contribution in [0, 0.1) is 0 Å². The van der Waals surface area contributed by atoms with Gasteiger partial charge >= 0.3 is 0 Å². The molecule has 2 aromatic rings. The Balaban J connectivity index is 0.890. The van der Waals surface area contributed by atoms with Crippen molar-refractivity contribution < 1.29 is 19.2 Å². The van der Waals surface area contributed by atoms with Crippen LogP contribution in [0.15, 0.2) is 52.6 Å². The number of aliphatic imine (C=N–C) groups is 1. The van der Waals surface area contributed by atoms with Gasteiger partial charge in [-0.2, -0.15) is 5.10 Å². The smallest absolute Gasteiger partial charge is 0.255 e. The number of piperidine rings is 1. The highest BCUT2D eigenvalue weighted by atomic mass is 16.2. The number of nitrogens with zero attached hydrogens (tertiary/aromatic N) is 3. The number of anilines is 2. The number of nitrogens with one attached hydrogen (secondary N) is 3. The molecule has 2 aliphatic heterocycles. The molecule has 1 unspecified atom stereocenters. The molecule has 1 saturated carbocycles. The Morgan fingerprint density at radius 2 is 1.63 bits per heavy atom. The zero-order valence-electron chi connectivity index (χ0n) is 28.3. The lowest BCUT2D eigenvalue weighted by Crippen LogP contribution is -2.52. The molecule has 1 saturated heterocycles. The fourth-order valence-electron chi connectivity index (χ4n) is 6.96. The largest absolute Gasteiger partial charge is 0.399 e. The molecule has 262 valence electrons. The molecule has 5 rings (SSSR count). The van der Waals surface area contributed by atoms with Crippen LogP contribution in [-0.2, 0) is 20.9 Å². The van der Waals surface area contributed by atoms with Crippen LogP contribution in [0.3, 0.4) is 0 Å². The molecule has 3 aliphatic rings. The SMILES string of the molecule is N/N=C(\C=NC1CCC(NCCCCCCCCCC(=O)Nc2cccc3c2CN(C2CCC(=O)NC2=O)C3=O)CC1)c1ccc(N)cc1. The Morgan fingerprint density at radius 1 is 0.918 bits per heavy atom. The van der Waals surface area contributed by atoms with Gasteiger partial charge in [-0.25, -0.2) is 0 Å². The summed E-state index contributed by atoms with van der Waals surface area (Å²) < 4.78 is 0. The van der Waals surface area contributed by atoms with Gasteiger partial charge in [-0.05, 0) is 75.8 Å². The lowest BCUT2D eigenvalue weighted by Gasteiger charge is -2.29. The maximum Gasteiger partial charge on any atom is 0.255 e. The van der Waals surface area contributed by atoms with E-state index in [9.17, 15) is 19.2 Å². The summed E-state index contributed by atoms with van der Waals surface area (Å²) in [5.74, 6) is 4.52. The molecule has 12 nitrogen and oxygen atoms in total. The van der Waals surface area contributed by atoms with Crippen molar-refractivity contribution in [3.8, 4) is 0 Å². The van der Waals surface area contributed by atoms with E-state index in [2.05, 4.69) is 21.1 Å². The van der Waals surface area contributed by atoms with Crippen molar-refractivity contribution in [2.75, 3.05) is 17.6 Å². The topological polar surface area (TPSA) is 184 Å². The maximum atomic E-state index is 13.0. The molecule has 1 atom stereocenters. The number of carbonyl (C=O) groups is 4. The fourth-order valence-corrected chi connectivity index (χ4v) is 6.96. The maximum absolute atomic E-state index is 13.0. The Morgan fingerprint density at radius 3 is 2.35 bits per heavy atom. The number of amides is 4. The summed E-state index contributed by atoms with van der Waals surface area (Å²) >= 11 is 0. The highest BCUT2D eigenvalue weighted by Gasteiger charge is 2.40.